The number of nitrogens with zero attached hydrogens (tertiary/aromatic N) is 1. The Balaban J connectivity index is 2.02. The van der Waals surface area contributed by atoms with Crippen LogP contribution in [0.25, 0.3) is 0 Å². The van der Waals surface area contributed by atoms with E-state index < -0.39 is 17.6 Å². The van der Waals surface area contributed by atoms with Crippen LogP contribution in [0.5, 0.6) is 5.75 Å². The topological polar surface area (TPSA) is 79.2 Å². The van der Waals surface area contributed by atoms with Gasteiger partial charge in [-0.2, -0.15) is 5.26 Å². The van der Waals surface area contributed by atoms with Gasteiger partial charge < -0.3 is 10.1 Å². The molecule has 23 heavy (non-hydrogen) atoms. The second-order valence-corrected chi connectivity index (χ2v) is 5.73. The molecular formula is C18H22N2O3. The molecule has 2 rings (SSSR count). The minimum absolute atomic E-state index is 0.0835. The van der Waals surface area contributed by atoms with Gasteiger partial charge in [0, 0.05) is 11.6 Å². The third kappa shape index (κ3) is 4.56. The molecule has 1 aromatic rings. The summed E-state index contributed by atoms with van der Waals surface area (Å²) in [7, 11) is 0. The van der Waals surface area contributed by atoms with Crippen LogP contribution in [0, 0.1) is 17.2 Å². The van der Waals surface area contributed by atoms with Crippen LogP contribution in [0.3, 0.4) is 0 Å². The Morgan fingerprint density at radius 2 is 1.91 bits per heavy atom. The maximum Gasteiger partial charge on any atom is 0.245 e. The van der Waals surface area contributed by atoms with Crippen LogP contribution >= 0.6 is 0 Å². The first kappa shape index (κ1) is 17.0. The third-order valence-corrected chi connectivity index (χ3v) is 4.05. The number of hydrogen-bond donors (Lipinski definition) is 1. The standard InChI is InChI=1S/C18H22N2O3/c1-2-23-15-10-8-13(9-11-15)17(21)16(12-19)18(22)20-14-6-4-3-5-7-14/h8-11,14,16H,2-7H2,1H3,(H,20,22)/t16-/m1/s1. The van der Waals surface area contributed by atoms with Crippen molar-refractivity contribution in [1.29, 1.82) is 5.26 Å². The largest absolute Gasteiger partial charge is 0.494 e. The van der Waals surface area contributed by atoms with Gasteiger partial charge in [0.25, 0.3) is 0 Å². The van der Waals surface area contributed by atoms with Crippen LogP contribution in [-0.4, -0.2) is 24.3 Å². The van der Waals surface area contributed by atoms with Gasteiger partial charge in [0.05, 0.1) is 12.7 Å². The molecule has 0 unspecified atom stereocenters. The van der Waals surface area contributed by atoms with Crippen LogP contribution in [0.1, 0.15) is 49.4 Å². The summed E-state index contributed by atoms with van der Waals surface area (Å²) in [5.74, 6) is -1.60. The number of nitrogens with one attached hydrogen (secondary N) is 1. The lowest BCUT2D eigenvalue weighted by atomic mass is 9.93. The van der Waals surface area contributed by atoms with Crippen molar-refractivity contribution in [1.82, 2.24) is 5.32 Å². The number of carbonyl (C=O) groups is 2. The van der Waals surface area contributed by atoms with Crippen molar-refractivity contribution >= 4 is 11.7 Å². The molecule has 1 fully saturated rings. The molecule has 0 radical (unpaired) electrons. The van der Waals surface area contributed by atoms with E-state index in [9.17, 15) is 14.9 Å². The number of rotatable bonds is 6. The Morgan fingerprint density at radius 1 is 1.26 bits per heavy atom. The van der Waals surface area contributed by atoms with Crippen molar-refractivity contribution in [2.45, 2.75) is 45.1 Å². The summed E-state index contributed by atoms with van der Waals surface area (Å²) in [4.78, 5) is 24.7. The molecule has 1 saturated carbocycles. The Hall–Kier alpha value is -2.35. The molecule has 1 N–H and O–H groups in total. The second-order valence-electron chi connectivity index (χ2n) is 5.73. The molecule has 0 bridgehead atoms. The third-order valence-electron chi connectivity index (χ3n) is 4.05. The Bertz CT molecular complexity index is 583. The highest BCUT2D eigenvalue weighted by atomic mass is 16.5. The van der Waals surface area contributed by atoms with E-state index in [0.717, 1.165) is 25.7 Å². The van der Waals surface area contributed by atoms with Gasteiger partial charge in [-0.25, -0.2) is 0 Å². The minimum Gasteiger partial charge on any atom is -0.494 e. The van der Waals surface area contributed by atoms with E-state index in [-0.39, 0.29) is 6.04 Å². The van der Waals surface area contributed by atoms with E-state index in [1.165, 1.54) is 6.42 Å². The fourth-order valence-electron chi connectivity index (χ4n) is 2.82. The van der Waals surface area contributed by atoms with Crippen molar-refractivity contribution < 1.29 is 14.3 Å². The molecule has 0 aliphatic heterocycles. The van der Waals surface area contributed by atoms with Gasteiger partial charge in [0.1, 0.15) is 5.75 Å². The van der Waals surface area contributed by atoms with Gasteiger partial charge >= 0.3 is 0 Å². The van der Waals surface area contributed by atoms with Crippen LogP contribution in [0.2, 0.25) is 0 Å². The average Bonchev–Trinajstić information content (AvgIpc) is 2.57. The van der Waals surface area contributed by atoms with E-state index >= 15 is 0 Å². The smallest absolute Gasteiger partial charge is 0.245 e. The molecule has 122 valence electrons. The van der Waals surface area contributed by atoms with E-state index in [4.69, 9.17) is 4.74 Å². The first-order chi connectivity index (χ1) is 11.2. The molecule has 1 amide bonds. The molecule has 1 atom stereocenters. The number of benzene rings is 1. The molecule has 5 nitrogen and oxygen atoms in total. The minimum atomic E-state index is -1.30. The van der Waals surface area contributed by atoms with Crippen LogP contribution in [0.15, 0.2) is 24.3 Å². The van der Waals surface area contributed by atoms with Crippen molar-refractivity contribution in [3.8, 4) is 11.8 Å². The summed E-state index contributed by atoms with van der Waals surface area (Å²) in [6.07, 6.45) is 5.17. The lowest BCUT2D eigenvalue weighted by molar-refractivity contribution is -0.123. The molecular weight excluding hydrogens is 292 g/mol. The summed E-state index contributed by atoms with van der Waals surface area (Å²) in [5, 5.41) is 12.1. The SMILES string of the molecule is CCOc1ccc(C(=O)[C@@H](C#N)C(=O)NC2CCCCC2)cc1. The van der Waals surface area contributed by atoms with Gasteiger partial charge in [0.15, 0.2) is 11.7 Å². The second kappa shape index (κ2) is 8.33. The van der Waals surface area contributed by atoms with Crippen LogP contribution in [-0.2, 0) is 4.79 Å². The van der Waals surface area contributed by atoms with Gasteiger partial charge in [-0.05, 0) is 44.0 Å². The first-order valence-corrected chi connectivity index (χ1v) is 8.12. The van der Waals surface area contributed by atoms with Gasteiger partial charge in [-0.3, -0.25) is 9.59 Å². The fourth-order valence-corrected chi connectivity index (χ4v) is 2.82. The van der Waals surface area contributed by atoms with Gasteiger partial charge in [-0.1, -0.05) is 19.3 Å². The highest BCUT2D eigenvalue weighted by Gasteiger charge is 2.29. The monoisotopic (exact) mass is 314 g/mol. The fraction of sp³-hybridized carbons (Fsp3) is 0.500. The highest BCUT2D eigenvalue weighted by molar-refractivity contribution is 6.12. The zero-order valence-corrected chi connectivity index (χ0v) is 13.4. The molecule has 1 aliphatic rings. The Morgan fingerprint density at radius 3 is 2.48 bits per heavy atom. The molecule has 0 saturated heterocycles. The number of hydrogen-bond acceptors (Lipinski definition) is 4. The summed E-state index contributed by atoms with van der Waals surface area (Å²) in [5.41, 5.74) is 0.346. The van der Waals surface area contributed by atoms with Gasteiger partial charge in [-0.15, -0.1) is 0 Å². The first-order valence-electron chi connectivity index (χ1n) is 8.12. The number of ketones is 1. The van der Waals surface area contributed by atoms with E-state index in [1.54, 1.807) is 24.3 Å². The van der Waals surface area contributed by atoms with Crippen LogP contribution in [0.4, 0.5) is 0 Å². The van der Waals surface area contributed by atoms with Crippen molar-refractivity contribution in [3.05, 3.63) is 29.8 Å². The van der Waals surface area contributed by atoms with E-state index in [0.29, 0.717) is 17.9 Å². The summed E-state index contributed by atoms with van der Waals surface area (Å²) in [6.45, 7) is 2.41. The maximum atomic E-state index is 12.4. The Labute approximate surface area is 136 Å². The van der Waals surface area contributed by atoms with Gasteiger partial charge in [0.2, 0.25) is 5.91 Å². The number of amides is 1. The van der Waals surface area contributed by atoms with E-state index in [1.807, 2.05) is 13.0 Å². The van der Waals surface area contributed by atoms with Crippen molar-refractivity contribution in [2.75, 3.05) is 6.61 Å². The quantitative estimate of drug-likeness (QED) is 0.647. The highest BCUT2D eigenvalue weighted by Crippen LogP contribution is 2.19. The van der Waals surface area contributed by atoms with E-state index in [2.05, 4.69) is 5.32 Å². The number of ether oxygens (including phenoxy) is 1. The molecule has 1 aromatic carbocycles. The predicted molar refractivity (Wildman–Crippen MR) is 86.1 cm³/mol. The lowest BCUT2D eigenvalue weighted by Crippen LogP contribution is -2.42. The zero-order chi connectivity index (χ0) is 16.7. The normalized spacial score (nSPS) is 16.2. The summed E-state index contributed by atoms with van der Waals surface area (Å²) < 4.78 is 5.32. The number of nitriles is 1. The molecule has 5 heteroatoms. The lowest BCUT2D eigenvalue weighted by Gasteiger charge is -2.23. The molecule has 0 spiro atoms. The van der Waals surface area contributed by atoms with Crippen LogP contribution < -0.4 is 10.1 Å². The number of carbonyl (C=O) groups excluding carboxylic acids is 2. The summed E-state index contributed by atoms with van der Waals surface area (Å²) in [6, 6.07) is 8.44. The molecule has 0 heterocycles. The maximum absolute atomic E-state index is 12.4. The molecule has 1 aliphatic carbocycles. The number of Topliss-reactive ketones (excluding diaryl/α,β-unsaturated/α-hetero) is 1. The van der Waals surface area contributed by atoms with Crippen molar-refractivity contribution in [3.63, 3.8) is 0 Å². The average molecular weight is 314 g/mol. The predicted octanol–water partition coefficient (Wildman–Crippen LogP) is 2.86. The summed E-state index contributed by atoms with van der Waals surface area (Å²) >= 11 is 0. The molecule has 0 aromatic heterocycles. The Kier molecular flexibility index (Phi) is 6.16. The zero-order valence-electron chi connectivity index (χ0n) is 13.4. The van der Waals surface area contributed by atoms with Crippen molar-refractivity contribution in [2.24, 2.45) is 5.92 Å².